The highest BCUT2D eigenvalue weighted by Crippen LogP contribution is 2.43. The molecule has 0 bridgehead atoms. The molecular formula is C39H77NO8P+. The fraction of sp³-hybridized carbons (Fsp3) is 0.897. The number of rotatable bonds is 36. The summed E-state index contributed by atoms with van der Waals surface area (Å²) in [4.78, 5) is 35.1. The molecule has 0 aliphatic heterocycles. The zero-order valence-electron chi connectivity index (χ0n) is 32.4. The molecular weight excluding hydrogens is 641 g/mol. The van der Waals surface area contributed by atoms with Crippen LogP contribution in [-0.2, 0) is 32.7 Å². The first kappa shape index (κ1) is 47.8. The van der Waals surface area contributed by atoms with Crippen molar-refractivity contribution in [1.29, 1.82) is 0 Å². The van der Waals surface area contributed by atoms with Crippen molar-refractivity contribution < 1.29 is 42.1 Å². The molecule has 2 atom stereocenters. The third kappa shape index (κ3) is 36.3. The second-order valence-corrected chi connectivity index (χ2v) is 16.1. The second kappa shape index (κ2) is 32.6. The van der Waals surface area contributed by atoms with E-state index in [-0.39, 0.29) is 25.6 Å². The third-order valence-electron chi connectivity index (χ3n) is 8.55. The maximum absolute atomic E-state index is 12.6. The lowest BCUT2D eigenvalue weighted by Gasteiger charge is -2.24. The van der Waals surface area contributed by atoms with Crippen LogP contribution in [-0.4, -0.2) is 74.9 Å². The summed E-state index contributed by atoms with van der Waals surface area (Å²) in [6, 6.07) is 0. The number of carbonyl (C=O) groups is 2. The third-order valence-corrected chi connectivity index (χ3v) is 9.53. The zero-order valence-corrected chi connectivity index (χ0v) is 33.3. The van der Waals surface area contributed by atoms with E-state index in [0.29, 0.717) is 23.9 Å². The number of nitrogens with zero attached hydrogens (tertiary/aromatic N) is 1. The Balaban J connectivity index is 4.39. The van der Waals surface area contributed by atoms with Gasteiger partial charge in [0, 0.05) is 12.8 Å². The van der Waals surface area contributed by atoms with Crippen LogP contribution in [0.3, 0.4) is 0 Å². The van der Waals surface area contributed by atoms with Crippen LogP contribution in [0.2, 0.25) is 0 Å². The van der Waals surface area contributed by atoms with Gasteiger partial charge in [-0.2, -0.15) is 0 Å². The molecule has 0 heterocycles. The van der Waals surface area contributed by atoms with E-state index >= 15 is 0 Å². The van der Waals surface area contributed by atoms with E-state index in [1.54, 1.807) is 0 Å². The Kier molecular flexibility index (Phi) is 31.8. The van der Waals surface area contributed by atoms with Gasteiger partial charge in [-0.15, -0.1) is 0 Å². The highest BCUT2D eigenvalue weighted by atomic mass is 31.2. The predicted octanol–water partition coefficient (Wildman–Crippen LogP) is 10.6. The molecule has 0 rings (SSSR count). The number of likely N-dealkylation sites (N-methyl/N-ethyl adjacent to an activating group) is 1. The SMILES string of the molecule is CCCCCCCCC/C=C\CCCCCCCC(=O)O[C@H](COC(=O)CCCCCCCCCCC)COP(=O)(O)OCC[N+](C)(C)C. The molecule has 0 aromatic carbocycles. The van der Waals surface area contributed by atoms with E-state index < -0.39 is 26.5 Å². The van der Waals surface area contributed by atoms with Gasteiger partial charge in [0.25, 0.3) is 0 Å². The maximum atomic E-state index is 12.6. The van der Waals surface area contributed by atoms with Crippen LogP contribution in [0.15, 0.2) is 12.2 Å². The van der Waals surface area contributed by atoms with Crippen molar-refractivity contribution in [2.75, 3.05) is 47.5 Å². The molecule has 10 heteroatoms. The van der Waals surface area contributed by atoms with E-state index in [4.69, 9.17) is 18.5 Å². The van der Waals surface area contributed by atoms with Gasteiger partial charge in [0.05, 0.1) is 27.7 Å². The number of unbranched alkanes of at least 4 members (excludes halogenated alkanes) is 20. The van der Waals surface area contributed by atoms with Crippen molar-refractivity contribution in [2.45, 2.75) is 180 Å². The van der Waals surface area contributed by atoms with Crippen molar-refractivity contribution in [1.82, 2.24) is 0 Å². The van der Waals surface area contributed by atoms with Gasteiger partial charge in [-0.25, -0.2) is 4.57 Å². The normalized spacial score (nSPS) is 13.8. The van der Waals surface area contributed by atoms with E-state index in [0.717, 1.165) is 51.4 Å². The first-order chi connectivity index (χ1) is 23.5. The van der Waals surface area contributed by atoms with Crippen LogP contribution in [0.5, 0.6) is 0 Å². The van der Waals surface area contributed by atoms with Crippen molar-refractivity contribution in [3.05, 3.63) is 12.2 Å². The Morgan fingerprint density at radius 2 is 1.04 bits per heavy atom. The Bertz CT molecular complexity index is 860. The molecule has 49 heavy (non-hydrogen) atoms. The predicted molar refractivity (Wildman–Crippen MR) is 201 cm³/mol. The average molecular weight is 719 g/mol. The van der Waals surface area contributed by atoms with Gasteiger partial charge < -0.3 is 18.9 Å². The Hall–Kier alpha value is -1.25. The zero-order chi connectivity index (χ0) is 36.5. The molecule has 0 fully saturated rings. The number of phosphoric acid groups is 1. The lowest BCUT2D eigenvalue weighted by Crippen LogP contribution is -2.37. The largest absolute Gasteiger partial charge is 0.472 e. The molecule has 0 amide bonds. The standard InChI is InChI=1S/C39H76NO8P/c1-6-8-10-12-14-16-17-18-19-20-21-22-24-26-28-30-32-39(42)48-37(36-47-49(43,44)46-34-33-40(3,4)5)35-45-38(41)31-29-27-25-23-15-13-11-9-7-2/h19-20,37H,6-18,21-36H2,1-5H3/p+1/b20-19-/t37-/m1/s1. The minimum absolute atomic E-state index is 0.0327. The molecule has 0 aromatic heterocycles. The second-order valence-electron chi connectivity index (χ2n) is 14.7. The molecule has 290 valence electrons. The molecule has 0 radical (unpaired) electrons. The fourth-order valence-corrected chi connectivity index (χ4v) is 6.10. The van der Waals surface area contributed by atoms with E-state index in [2.05, 4.69) is 26.0 Å². The van der Waals surface area contributed by atoms with Crippen LogP contribution < -0.4 is 0 Å². The summed E-state index contributed by atoms with van der Waals surface area (Å²) >= 11 is 0. The van der Waals surface area contributed by atoms with E-state index in [1.165, 1.54) is 89.9 Å². The molecule has 0 saturated heterocycles. The summed E-state index contributed by atoms with van der Waals surface area (Å²) in [6.07, 6.45) is 31.2. The summed E-state index contributed by atoms with van der Waals surface area (Å²) in [5.74, 6) is -0.807. The van der Waals surface area contributed by atoms with Crippen molar-refractivity contribution in [2.24, 2.45) is 0 Å². The molecule has 0 aliphatic carbocycles. The number of hydrogen-bond donors (Lipinski definition) is 1. The smallest absolute Gasteiger partial charge is 0.462 e. The summed E-state index contributed by atoms with van der Waals surface area (Å²) in [7, 11) is 1.48. The average Bonchev–Trinajstić information content (AvgIpc) is 3.04. The van der Waals surface area contributed by atoms with Crippen LogP contribution in [0, 0.1) is 0 Å². The maximum Gasteiger partial charge on any atom is 0.472 e. The van der Waals surface area contributed by atoms with Gasteiger partial charge >= 0.3 is 19.8 Å². The molecule has 9 nitrogen and oxygen atoms in total. The Morgan fingerprint density at radius 3 is 1.51 bits per heavy atom. The number of phosphoric ester groups is 1. The summed E-state index contributed by atoms with van der Waals surface area (Å²) in [5.41, 5.74) is 0. The lowest BCUT2D eigenvalue weighted by molar-refractivity contribution is -0.870. The number of esters is 2. The molecule has 1 N–H and O–H groups in total. The van der Waals surface area contributed by atoms with Crippen molar-refractivity contribution >= 4 is 19.8 Å². The van der Waals surface area contributed by atoms with Gasteiger partial charge in [0.2, 0.25) is 0 Å². The van der Waals surface area contributed by atoms with Crippen molar-refractivity contribution in [3.8, 4) is 0 Å². The van der Waals surface area contributed by atoms with Gasteiger partial charge in [-0.1, -0.05) is 135 Å². The first-order valence-electron chi connectivity index (χ1n) is 19.9. The molecule has 1 unspecified atom stereocenters. The highest BCUT2D eigenvalue weighted by molar-refractivity contribution is 7.47. The molecule has 0 aliphatic rings. The van der Waals surface area contributed by atoms with E-state index in [1.807, 2.05) is 21.1 Å². The topological polar surface area (TPSA) is 108 Å². The molecule has 0 spiro atoms. The minimum Gasteiger partial charge on any atom is -0.462 e. The van der Waals surface area contributed by atoms with Crippen LogP contribution in [0.1, 0.15) is 174 Å². The van der Waals surface area contributed by atoms with Gasteiger partial charge in [0.15, 0.2) is 6.10 Å². The monoisotopic (exact) mass is 719 g/mol. The number of quaternary nitrogens is 1. The number of carbonyl (C=O) groups excluding carboxylic acids is 2. The Morgan fingerprint density at radius 1 is 0.612 bits per heavy atom. The molecule has 0 aromatic rings. The van der Waals surface area contributed by atoms with E-state index in [9.17, 15) is 19.0 Å². The van der Waals surface area contributed by atoms with Crippen molar-refractivity contribution in [3.63, 3.8) is 0 Å². The highest BCUT2D eigenvalue weighted by Gasteiger charge is 2.27. The summed E-state index contributed by atoms with van der Waals surface area (Å²) in [6.45, 7) is 4.39. The number of allylic oxidation sites excluding steroid dienone is 2. The number of hydrogen-bond acceptors (Lipinski definition) is 7. The quantitative estimate of drug-likeness (QED) is 0.0224. The van der Waals surface area contributed by atoms with Gasteiger partial charge in [-0.05, 0) is 38.5 Å². The molecule has 0 saturated carbocycles. The number of ether oxygens (including phenoxy) is 2. The van der Waals surface area contributed by atoms with Crippen LogP contribution in [0.4, 0.5) is 0 Å². The minimum atomic E-state index is -4.36. The summed E-state index contributed by atoms with van der Waals surface area (Å²) < 4.78 is 34.1. The van der Waals surface area contributed by atoms with Gasteiger partial charge in [-0.3, -0.25) is 18.6 Å². The van der Waals surface area contributed by atoms with Crippen LogP contribution >= 0.6 is 7.82 Å². The fourth-order valence-electron chi connectivity index (χ4n) is 5.36. The Labute approximate surface area is 301 Å². The van der Waals surface area contributed by atoms with Gasteiger partial charge in [0.1, 0.15) is 19.8 Å². The van der Waals surface area contributed by atoms with Crippen LogP contribution in [0.25, 0.3) is 0 Å². The summed E-state index contributed by atoms with van der Waals surface area (Å²) in [5, 5.41) is 0. The first-order valence-corrected chi connectivity index (χ1v) is 21.4. The lowest BCUT2D eigenvalue weighted by atomic mass is 10.1.